The highest BCUT2D eigenvalue weighted by Crippen LogP contribution is 2.42. The maximum Gasteiger partial charge on any atom is 0.229 e. The Kier molecular flexibility index (Phi) is 7.75. The lowest BCUT2D eigenvalue weighted by molar-refractivity contribution is -0.402. The minimum atomic E-state index is -4.79. The van der Waals surface area contributed by atoms with Gasteiger partial charge in [-0.3, -0.25) is 4.72 Å². The fraction of sp³-hybridized carbons (Fsp3) is 0.0312. The van der Waals surface area contributed by atoms with Crippen molar-refractivity contribution in [2.45, 2.75) is 4.90 Å². The van der Waals surface area contributed by atoms with Crippen LogP contribution in [-0.4, -0.2) is 27.6 Å². The van der Waals surface area contributed by atoms with Crippen LogP contribution >= 0.6 is 11.6 Å². The van der Waals surface area contributed by atoms with E-state index in [1.165, 1.54) is 12.1 Å². The zero-order chi connectivity index (χ0) is 31.9. The van der Waals surface area contributed by atoms with E-state index in [1.807, 2.05) is 0 Å². The number of halogens is 1. The first kappa shape index (κ1) is 30.2. The van der Waals surface area contributed by atoms with Gasteiger partial charge in [0.05, 0.1) is 22.9 Å². The van der Waals surface area contributed by atoms with Crippen molar-refractivity contribution in [2.24, 2.45) is 0 Å². The Bertz CT molecular complexity index is 2370. The summed E-state index contributed by atoms with van der Waals surface area (Å²) in [4.78, 5) is 2.90. The van der Waals surface area contributed by atoms with Crippen molar-refractivity contribution in [3.05, 3.63) is 114 Å². The van der Waals surface area contributed by atoms with Crippen LogP contribution in [0.3, 0.4) is 0 Å². The molecule has 1 heterocycles. The number of fused-ring (bicyclic) bond motifs is 2. The molecule has 0 unspecified atom stereocenters. The maximum absolute atomic E-state index is 12.2. The summed E-state index contributed by atoms with van der Waals surface area (Å²) in [5.41, 5.74) is 9.02. The van der Waals surface area contributed by atoms with Crippen LogP contribution in [0.5, 0.6) is 11.5 Å². The highest BCUT2D eigenvalue weighted by molar-refractivity contribution is 7.92. The van der Waals surface area contributed by atoms with Crippen molar-refractivity contribution in [2.75, 3.05) is 16.7 Å². The van der Waals surface area contributed by atoms with Crippen LogP contribution in [0.25, 0.3) is 33.4 Å². The molecule has 4 N–H and O–H groups in total. The molecule has 1 aliphatic heterocycles. The third-order valence-electron chi connectivity index (χ3n) is 6.80. The molecule has 6 rings (SSSR count). The van der Waals surface area contributed by atoms with Crippen LogP contribution in [0.4, 0.5) is 17.1 Å². The Morgan fingerprint density at radius 1 is 0.867 bits per heavy atom. The topological polar surface area (TPSA) is 166 Å². The van der Waals surface area contributed by atoms with Crippen molar-refractivity contribution in [1.82, 2.24) is 0 Å². The van der Waals surface area contributed by atoms with Gasteiger partial charge in [0.15, 0.2) is 5.75 Å². The minimum Gasteiger partial charge on any atom is -0.744 e. The molecule has 0 spiro atoms. The monoisotopic (exact) mass is 661 g/mol. The summed E-state index contributed by atoms with van der Waals surface area (Å²) in [5, 5.41) is 1.50. The molecular weight excluding hydrogens is 638 g/mol. The van der Waals surface area contributed by atoms with E-state index in [9.17, 15) is 21.4 Å². The fourth-order valence-electron chi connectivity index (χ4n) is 4.95. The standard InChI is InChI=1S/C32H24ClN3O7S2/c1-44(37,38)36-27-7-3-4-8-28(27)42-21-12-15-26(25(33)18-21)35-20-11-14-23-30(17-20)43-29-16-19(34)10-13-22(29)32(23)24-6-2-5-9-31(24)45(39,40)41/h2-18,36H,34H2,1H3,(H,39,40,41). The summed E-state index contributed by atoms with van der Waals surface area (Å²) in [6, 6.07) is 27.9. The van der Waals surface area contributed by atoms with E-state index in [4.69, 9.17) is 26.5 Å². The Hall–Kier alpha value is -4.88. The second-order valence-electron chi connectivity index (χ2n) is 10.1. The number of hydrogen-bond acceptors (Lipinski definition) is 8. The minimum absolute atomic E-state index is 0.246. The SMILES string of the molecule is CS(=O)(=O)Nc1ccccc1Oc1ccc([NH+]=c2ccc3c(-c4ccccc4S(=O)(=O)[O-])c4ccc(N)cc4oc-3c2)c(Cl)c1. The summed E-state index contributed by atoms with van der Waals surface area (Å²) in [7, 11) is -8.31. The predicted molar refractivity (Wildman–Crippen MR) is 171 cm³/mol. The Balaban J connectivity index is 1.43. The number of sulfonamides is 1. The van der Waals surface area contributed by atoms with E-state index >= 15 is 0 Å². The van der Waals surface area contributed by atoms with Crippen molar-refractivity contribution in [1.29, 1.82) is 0 Å². The molecule has 228 valence electrons. The summed E-state index contributed by atoms with van der Waals surface area (Å²) in [6.07, 6.45) is 1.05. The van der Waals surface area contributed by atoms with Gasteiger partial charge < -0.3 is 19.4 Å². The van der Waals surface area contributed by atoms with E-state index < -0.39 is 20.1 Å². The number of hydrogen-bond donors (Lipinski definition) is 3. The lowest BCUT2D eigenvalue weighted by atomic mass is 9.93. The van der Waals surface area contributed by atoms with Gasteiger partial charge in [0.1, 0.15) is 32.2 Å². The van der Waals surface area contributed by atoms with E-state index in [1.54, 1.807) is 91.0 Å². The Morgan fingerprint density at radius 2 is 1.62 bits per heavy atom. The summed E-state index contributed by atoms with van der Waals surface area (Å²) in [6.45, 7) is 0. The quantitative estimate of drug-likeness (QED) is 0.124. The van der Waals surface area contributed by atoms with Gasteiger partial charge in [0, 0.05) is 52.0 Å². The van der Waals surface area contributed by atoms with Crippen LogP contribution in [0.1, 0.15) is 0 Å². The second-order valence-corrected chi connectivity index (χ2v) is 13.6. The molecule has 0 saturated heterocycles. The van der Waals surface area contributed by atoms with Crippen molar-refractivity contribution in [3.8, 4) is 33.9 Å². The number of rotatable bonds is 7. The molecule has 0 saturated carbocycles. The molecule has 10 nitrogen and oxygen atoms in total. The van der Waals surface area contributed by atoms with E-state index in [2.05, 4.69) is 9.71 Å². The molecule has 0 fully saturated rings. The summed E-state index contributed by atoms with van der Waals surface area (Å²) < 4.78 is 74.6. The third-order valence-corrected chi connectivity index (χ3v) is 8.60. The van der Waals surface area contributed by atoms with Crippen molar-refractivity contribution >= 4 is 59.8 Å². The molecule has 1 aliphatic carbocycles. The molecule has 0 radical (unpaired) electrons. The zero-order valence-corrected chi connectivity index (χ0v) is 25.8. The number of ether oxygens (including phenoxy) is 1. The van der Waals surface area contributed by atoms with Crippen LogP contribution in [0.15, 0.2) is 112 Å². The molecule has 0 aromatic heterocycles. The van der Waals surface area contributed by atoms with E-state index in [0.29, 0.717) is 61.1 Å². The highest BCUT2D eigenvalue weighted by Gasteiger charge is 2.22. The molecule has 4 aromatic rings. The number of para-hydroxylation sites is 2. The van der Waals surface area contributed by atoms with E-state index in [-0.39, 0.29) is 16.1 Å². The van der Waals surface area contributed by atoms with Gasteiger partial charge in [-0.25, -0.2) is 21.8 Å². The van der Waals surface area contributed by atoms with Gasteiger partial charge in [-0.2, -0.15) is 0 Å². The van der Waals surface area contributed by atoms with Crippen LogP contribution in [0, 0.1) is 0 Å². The average Bonchev–Trinajstić information content (AvgIpc) is 2.97. The van der Waals surface area contributed by atoms with Gasteiger partial charge in [0.2, 0.25) is 21.1 Å². The van der Waals surface area contributed by atoms with Gasteiger partial charge in [0.25, 0.3) is 0 Å². The highest BCUT2D eigenvalue weighted by atomic mass is 35.5. The Morgan fingerprint density at radius 3 is 2.38 bits per heavy atom. The van der Waals surface area contributed by atoms with Crippen LogP contribution < -0.4 is 25.5 Å². The van der Waals surface area contributed by atoms with Gasteiger partial charge >= 0.3 is 0 Å². The molecule has 4 aromatic carbocycles. The first-order valence-electron chi connectivity index (χ1n) is 13.3. The Labute approximate surface area is 263 Å². The van der Waals surface area contributed by atoms with Crippen molar-refractivity contribution in [3.63, 3.8) is 0 Å². The largest absolute Gasteiger partial charge is 0.744 e. The maximum atomic E-state index is 12.2. The van der Waals surface area contributed by atoms with Gasteiger partial charge in [-0.05, 0) is 42.5 Å². The number of nitrogens with two attached hydrogens (primary N) is 1. The molecule has 45 heavy (non-hydrogen) atoms. The first-order chi connectivity index (χ1) is 21.4. The molecule has 13 heteroatoms. The summed E-state index contributed by atoms with van der Waals surface area (Å²) in [5.74, 6) is 1.07. The molecule has 0 bridgehead atoms. The van der Waals surface area contributed by atoms with Crippen molar-refractivity contribution < 1.29 is 35.5 Å². The number of benzene rings is 5. The van der Waals surface area contributed by atoms with Gasteiger partial charge in [-0.15, -0.1) is 0 Å². The molecular formula is C32H24ClN3O7S2. The lowest BCUT2D eigenvalue weighted by Gasteiger charge is -2.19. The molecule has 0 amide bonds. The number of nitrogen functional groups attached to an aromatic ring is 1. The predicted octanol–water partition coefficient (Wildman–Crippen LogP) is 4.82. The van der Waals surface area contributed by atoms with Gasteiger partial charge in [-0.1, -0.05) is 41.9 Å². The average molecular weight is 662 g/mol. The zero-order valence-electron chi connectivity index (χ0n) is 23.4. The van der Waals surface area contributed by atoms with Crippen LogP contribution in [0.2, 0.25) is 5.02 Å². The fourth-order valence-corrected chi connectivity index (χ4v) is 6.42. The normalized spacial score (nSPS) is 12.5. The van der Waals surface area contributed by atoms with E-state index in [0.717, 1.165) is 6.26 Å². The molecule has 2 aliphatic rings. The smallest absolute Gasteiger partial charge is 0.229 e. The number of nitrogens with one attached hydrogen (secondary N) is 2. The molecule has 0 atom stereocenters. The lowest BCUT2D eigenvalue weighted by Crippen LogP contribution is -2.70. The second kappa shape index (κ2) is 11.6. The third kappa shape index (κ3) is 6.49. The summed E-state index contributed by atoms with van der Waals surface area (Å²) >= 11 is 6.59. The van der Waals surface area contributed by atoms with Crippen LogP contribution in [-0.2, 0) is 20.1 Å². The first-order valence-corrected chi connectivity index (χ1v) is 17.0. The number of anilines is 2.